The third kappa shape index (κ3) is 3.05. The van der Waals surface area contributed by atoms with Gasteiger partial charge in [-0.3, -0.25) is 4.79 Å². The second-order valence-corrected chi connectivity index (χ2v) is 5.73. The molecule has 0 aliphatic carbocycles. The summed E-state index contributed by atoms with van der Waals surface area (Å²) in [5.41, 5.74) is 6.96. The standard InChI is InChI=1S/C13H10Br2N2O3/c14-8-4-7(16)5-9(15)12(8)17-13(20)6-1-2-10(18)11(19)3-6/h1-5,18-19H,16H2,(H,17,20). The second-order valence-electron chi connectivity index (χ2n) is 4.02. The minimum absolute atomic E-state index is 0.218. The van der Waals surface area contributed by atoms with Gasteiger partial charge in [0.2, 0.25) is 0 Å². The highest BCUT2D eigenvalue weighted by atomic mass is 79.9. The van der Waals surface area contributed by atoms with E-state index in [2.05, 4.69) is 37.2 Å². The van der Waals surface area contributed by atoms with E-state index in [0.29, 0.717) is 20.3 Å². The molecular formula is C13H10Br2N2O3. The predicted octanol–water partition coefficient (Wildman–Crippen LogP) is 3.46. The van der Waals surface area contributed by atoms with Gasteiger partial charge in [-0.05, 0) is 62.2 Å². The first-order valence-electron chi connectivity index (χ1n) is 5.46. The molecule has 0 aliphatic rings. The van der Waals surface area contributed by atoms with Crippen LogP contribution in [0.25, 0.3) is 0 Å². The number of amides is 1. The van der Waals surface area contributed by atoms with E-state index in [0.717, 1.165) is 0 Å². The normalized spacial score (nSPS) is 10.3. The van der Waals surface area contributed by atoms with Gasteiger partial charge < -0.3 is 21.3 Å². The maximum Gasteiger partial charge on any atom is 0.255 e. The Labute approximate surface area is 131 Å². The van der Waals surface area contributed by atoms with Crippen LogP contribution in [0, 0.1) is 0 Å². The van der Waals surface area contributed by atoms with Crippen LogP contribution in [0.1, 0.15) is 10.4 Å². The molecule has 5 nitrogen and oxygen atoms in total. The topological polar surface area (TPSA) is 95.6 Å². The van der Waals surface area contributed by atoms with Gasteiger partial charge >= 0.3 is 0 Å². The lowest BCUT2D eigenvalue weighted by Crippen LogP contribution is -2.12. The zero-order chi connectivity index (χ0) is 14.9. The minimum atomic E-state index is -0.425. The van der Waals surface area contributed by atoms with E-state index in [4.69, 9.17) is 5.73 Å². The number of anilines is 2. The van der Waals surface area contributed by atoms with Gasteiger partial charge in [0.25, 0.3) is 5.91 Å². The molecular weight excluding hydrogens is 392 g/mol. The molecule has 0 atom stereocenters. The smallest absolute Gasteiger partial charge is 0.255 e. The molecule has 0 saturated carbocycles. The second kappa shape index (κ2) is 5.72. The molecule has 0 aliphatic heterocycles. The number of aromatic hydroxyl groups is 2. The van der Waals surface area contributed by atoms with Crippen molar-refractivity contribution in [2.45, 2.75) is 0 Å². The van der Waals surface area contributed by atoms with Crippen LogP contribution < -0.4 is 11.1 Å². The molecule has 5 N–H and O–H groups in total. The fourth-order valence-electron chi connectivity index (χ4n) is 1.56. The summed E-state index contributed by atoms with van der Waals surface area (Å²) in [5.74, 6) is -1.06. The molecule has 0 radical (unpaired) electrons. The van der Waals surface area contributed by atoms with Crippen molar-refractivity contribution >= 4 is 49.1 Å². The average Bonchev–Trinajstić information content (AvgIpc) is 2.36. The summed E-state index contributed by atoms with van der Waals surface area (Å²) in [6.07, 6.45) is 0. The number of nitrogen functional groups attached to an aromatic ring is 1. The van der Waals surface area contributed by atoms with Gasteiger partial charge in [0.1, 0.15) is 0 Å². The molecule has 1 amide bonds. The number of rotatable bonds is 2. The highest BCUT2D eigenvalue weighted by molar-refractivity contribution is 9.11. The first-order valence-corrected chi connectivity index (χ1v) is 7.05. The molecule has 0 heterocycles. The number of nitrogens with two attached hydrogens (primary N) is 1. The Morgan fingerprint density at radius 3 is 2.20 bits per heavy atom. The molecule has 104 valence electrons. The van der Waals surface area contributed by atoms with Crippen molar-refractivity contribution in [2.24, 2.45) is 0 Å². The van der Waals surface area contributed by atoms with Gasteiger partial charge in [-0.25, -0.2) is 0 Å². The number of hydrogen-bond donors (Lipinski definition) is 4. The highest BCUT2D eigenvalue weighted by Crippen LogP contribution is 2.34. The zero-order valence-corrected chi connectivity index (χ0v) is 13.2. The Morgan fingerprint density at radius 1 is 1.05 bits per heavy atom. The van der Waals surface area contributed by atoms with Crippen LogP contribution in [0.3, 0.4) is 0 Å². The Balaban J connectivity index is 2.30. The molecule has 0 bridgehead atoms. The Hall–Kier alpha value is -1.73. The number of carbonyl (C=O) groups is 1. The lowest BCUT2D eigenvalue weighted by Gasteiger charge is -2.11. The van der Waals surface area contributed by atoms with Crippen molar-refractivity contribution in [3.8, 4) is 11.5 Å². The largest absolute Gasteiger partial charge is 0.504 e. The molecule has 2 aromatic rings. The number of halogens is 2. The summed E-state index contributed by atoms with van der Waals surface area (Å²) in [6, 6.07) is 7.16. The van der Waals surface area contributed by atoms with Gasteiger partial charge in [0.15, 0.2) is 11.5 Å². The average molecular weight is 402 g/mol. The van der Waals surface area contributed by atoms with Gasteiger partial charge in [0.05, 0.1) is 5.69 Å². The van der Waals surface area contributed by atoms with Crippen molar-refractivity contribution < 1.29 is 15.0 Å². The molecule has 20 heavy (non-hydrogen) atoms. The predicted molar refractivity (Wildman–Crippen MR) is 84.0 cm³/mol. The van der Waals surface area contributed by atoms with Crippen LogP contribution in [-0.2, 0) is 0 Å². The Bertz CT molecular complexity index is 666. The molecule has 2 aromatic carbocycles. The number of hydrogen-bond acceptors (Lipinski definition) is 4. The van der Waals surface area contributed by atoms with Crippen LogP contribution in [-0.4, -0.2) is 16.1 Å². The van der Waals surface area contributed by atoms with Gasteiger partial charge in [-0.2, -0.15) is 0 Å². The van der Waals surface area contributed by atoms with E-state index in [1.807, 2.05) is 0 Å². The molecule has 0 unspecified atom stereocenters. The monoisotopic (exact) mass is 400 g/mol. The van der Waals surface area contributed by atoms with Crippen molar-refractivity contribution in [3.05, 3.63) is 44.8 Å². The van der Waals surface area contributed by atoms with E-state index in [1.165, 1.54) is 18.2 Å². The Morgan fingerprint density at radius 2 is 1.65 bits per heavy atom. The number of phenolic OH excluding ortho intramolecular Hbond substituents is 2. The van der Waals surface area contributed by atoms with Crippen molar-refractivity contribution in [1.29, 1.82) is 0 Å². The van der Waals surface area contributed by atoms with E-state index in [1.54, 1.807) is 12.1 Å². The van der Waals surface area contributed by atoms with Crippen LogP contribution in [0.2, 0.25) is 0 Å². The summed E-state index contributed by atoms with van der Waals surface area (Å²) >= 11 is 6.62. The maximum absolute atomic E-state index is 12.1. The van der Waals surface area contributed by atoms with Gasteiger partial charge in [0, 0.05) is 20.2 Å². The lowest BCUT2D eigenvalue weighted by atomic mass is 10.2. The fraction of sp³-hybridized carbons (Fsp3) is 0. The summed E-state index contributed by atoms with van der Waals surface area (Å²) < 4.78 is 1.25. The number of nitrogens with one attached hydrogen (secondary N) is 1. The summed E-state index contributed by atoms with van der Waals surface area (Å²) in [6.45, 7) is 0. The number of carbonyl (C=O) groups excluding carboxylic acids is 1. The third-order valence-corrected chi connectivity index (χ3v) is 3.79. The SMILES string of the molecule is Nc1cc(Br)c(NC(=O)c2ccc(O)c(O)c2)c(Br)c1. The first-order chi connectivity index (χ1) is 9.38. The van der Waals surface area contributed by atoms with E-state index in [-0.39, 0.29) is 17.1 Å². The number of phenols is 2. The van der Waals surface area contributed by atoms with Gasteiger partial charge in [-0.1, -0.05) is 0 Å². The molecule has 0 aromatic heterocycles. The van der Waals surface area contributed by atoms with Crippen LogP contribution >= 0.6 is 31.9 Å². The van der Waals surface area contributed by atoms with Crippen LogP contribution in [0.5, 0.6) is 11.5 Å². The van der Waals surface area contributed by atoms with E-state index < -0.39 is 5.91 Å². The summed E-state index contributed by atoms with van der Waals surface area (Å²) in [4.78, 5) is 12.1. The van der Waals surface area contributed by atoms with E-state index in [9.17, 15) is 15.0 Å². The molecule has 2 rings (SSSR count). The first kappa shape index (κ1) is 14.7. The zero-order valence-electron chi connectivity index (χ0n) is 10.0. The molecule has 0 fully saturated rings. The third-order valence-electron chi connectivity index (χ3n) is 2.54. The lowest BCUT2D eigenvalue weighted by molar-refractivity contribution is 0.102. The van der Waals surface area contributed by atoms with Crippen LogP contribution in [0.15, 0.2) is 39.3 Å². The fourth-order valence-corrected chi connectivity index (χ4v) is 2.98. The van der Waals surface area contributed by atoms with Gasteiger partial charge in [-0.15, -0.1) is 0 Å². The number of benzene rings is 2. The van der Waals surface area contributed by atoms with Crippen molar-refractivity contribution in [2.75, 3.05) is 11.1 Å². The minimum Gasteiger partial charge on any atom is -0.504 e. The van der Waals surface area contributed by atoms with Crippen molar-refractivity contribution in [3.63, 3.8) is 0 Å². The quantitative estimate of drug-likeness (QED) is 0.457. The Kier molecular flexibility index (Phi) is 4.20. The summed E-state index contributed by atoms with van der Waals surface area (Å²) in [5, 5.41) is 21.3. The molecule has 0 saturated heterocycles. The highest BCUT2D eigenvalue weighted by Gasteiger charge is 2.13. The van der Waals surface area contributed by atoms with Crippen LogP contribution in [0.4, 0.5) is 11.4 Å². The van der Waals surface area contributed by atoms with Crippen molar-refractivity contribution in [1.82, 2.24) is 0 Å². The van der Waals surface area contributed by atoms with E-state index >= 15 is 0 Å². The molecule has 7 heteroatoms. The summed E-state index contributed by atoms with van der Waals surface area (Å²) in [7, 11) is 0. The molecule has 0 spiro atoms. The maximum atomic E-state index is 12.1.